The first-order valence-electron chi connectivity index (χ1n) is 5.90. The molecule has 1 N–H and O–H groups in total. The molecular weight excluding hydrogens is 224 g/mol. The van der Waals surface area contributed by atoms with Crippen molar-refractivity contribution < 1.29 is 9.52 Å². The minimum absolute atomic E-state index is 0.0864. The van der Waals surface area contributed by atoms with Gasteiger partial charge in [0.25, 0.3) is 0 Å². The van der Waals surface area contributed by atoms with Crippen molar-refractivity contribution in [1.29, 1.82) is 0 Å². The van der Waals surface area contributed by atoms with Crippen LogP contribution in [-0.2, 0) is 0 Å². The predicted octanol–water partition coefficient (Wildman–Crippen LogP) is 3.32. The van der Waals surface area contributed by atoms with Crippen molar-refractivity contribution in [3.63, 3.8) is 0 Å². The number of benzene rings is 2. The summed E-state index contributed by atoms with van der Waals surface area (Å²) in [6.07, 6.45) is 0.483. The second-order valence-electron chi connectivity index (χ2n) is 4.06. The lowest BCUT2D eigenvalue weighted by atomic mass is 10.1. The zero-order valence-corrected chi connectivity index (χ0v) is 9.81. The summed E-state index contributed by atoms with van der Waals surface area (Å²) in [5.41, 5.74) is 2.57. The molecule has 88 valence electrons. The van der Waals surface area contributed by atoms with E-state index >= 15 is 0 Å². The molecule has 0 saturated carbocycles. The smallest absolute Gasteiger partial charge is 0.151 e. The van der Waals surface area contributed by atoms with Crippen LogP contribution in [0.3, 0.4) is 0 Å². The van der Waals surface area contributed by atoms with Gasteiger partial charge in [-0.2, -0.15) is 0 Å². The van der Waals surface area contributed by atoms with Crippen LogP contribution < -0.4 is 0 Å². The summed E-state index contributed by atoms with van der Waals surface area (Å²) in [5, 5.41) is 10.9. The monoisotopic (exact) mass is 236 g/mol. The maximum Gasteiger partial charge on any atom is 0.151 e. The number of para-hydroxylation sites is 2. The van der Waals surface area contributed by atoms with Gasteiger partial charge in [0.1, 0.15) is 5.58 Å². The highest BCUT2D eigenvalue weighted by molar-refractivity contribution is 6.06. The number of hydrogen-bond acceptors (Lipinski definition) is 2. The number of furan rings is 1. The Bertz CT molecular complexity index is 757. The van der Waals surface area contributed by atoms with E-state index in [-0.39, 0.29) is 6.61 Å². The maximum absolute atomic E-state index is 8.75. The molecule has 0 aliphatic heterocycles. The van der Waals surface area contributed by atoms with Gasteiger partial charge in [-0.3, -0.25) is 0 Å². The fraction of sp³-hybridized carbons (Fsp3) is 0.125. The molecule has 0 amide bonds. The van der Waals surface area contributed by atoms with Crippen LogP contribution in [0.1, 0.15) is 12.0 Å². The van der Waals surface area contributed by atoms with E-state index in [1.165, 1.54) is 0 Å². The van der Waals surface area contributed by atoms with Crippen LogP contribution in [0.4, 0.5) is 0 Å². The Morgan fingerprint density at radius 2 is 1.83 bits per heavy atom. The average Bonchev–Trinajstić information content (AvgIpc) is 2.79. The first kappa shape index (κ1) is 10.9. The molecule has 0 spiro atoms. The third-order valence-electron chi connectivity index (χ3n) is 2.86. The second kappa shape index (κ2) is 4.56. The zero-order valence-electron chi connectivity index (χ0n) is 9.81. The lowest BCUT2D eigenvalue weighted by Crippen LogP contribution is -1.78. The normalized spacial score (nSPS) is 10.5. The van der Waals surface area contributed by atoms with E-state index in [0.717, 1.165) is 27.5 Å². The van der Waals surface area contributed by atoms with Gasteiger partial charge in [0.2, 0.25) is 0 Å². The Balaban J connectivity index is 2.25. The Morgan fingerprint density at radius 1 is 1.00 bits per heavy atom. The topological polar surface area (TPSA) is 33.4 Å². The Kier molecular flexibility index (Phi) is 2.76. The Morgan fingerprint density at radius 3 is 2.72 bits per heavy atom. The minimum Gasteiger partial charge on any atom is -0.455 e. The van der Waals surface area contributed by atoms with Crippen LogP contribution >= 0.6 is 0 Å². The summed E-state index contributed by atoms with van der Waals surface area (Å²) in [4.78, 5) is 0. The third kappa shape index (κ3) is 1.75. The van der Waals surface area contributed by atoms with Crippen molar-refractivity contribution in [2.45, 2.75) is 6.42 Å². The van der Waals surface area contributed by atoms with Crippen LogP contribution in [0.15, 0.2) is 46.9 Å². The molecule has 1 aromatic heterocycles. The number of fused-ring (bicyclic) bond motifs is 3. The fourth-order valence-corrected chi connectivity index (χ4v) is 2.06. The highest BCUT2D eigenvalue weighted by Gasteiger charge is 2.08. The first-order chi connectivity index (χ1) is 8.90. The van der Waals surface area contributed by atoms with E-state index in [1.807, 2.05) is 42.5 Å². The Labute approximate surface area is 105 Å². The summed E-state index contributed by atoms with van der Waals surface area (Å²) < 4.78 is 5.85. The summed E-state index contributed by atoms with van der Waals surface area (Å²) in [7, 11) is 0. The Hall–Kier alpha value is -2.24. The molecule has 3 rings (SSSR count). The van der Waals surface area contributed by atoms with E-state index in [2.05, 4.69) is 11.8 Å². The quantitative estimate of drug-likeness (QED) is 0.657. The van der Waals surface area contributed by atoms with Crippen LogP contribution in [0.25, 0.3) is 21.9 Å². The molecular formula is C16H12O2. The average molecular weight is 236 g/mol. The summed E-state index contributed by atoms with van der Waals surface area (Å²) >= 11 is 0. The van der Waals surface area contributed by atoms with Crippen molar-refractivity contribution >= 4 is 21.9 Å². The van der Waals surface area contributed by atoms with Crippen molar-refractivity contribution in [2.24, 2.45) is 0 Å². The molecule has 0 radical (unpaired) electrons. The maximum atomic E-state index is 8.75. The molecule has 2 aromatic carbocycles. The molecule has 1 heterocycles. The van der Waals surface area contributed by atoms with Gasteiger partial charge in [0.05, 0.1) is 12.2 Å². The zero-order chi connectivity index (χ0) is 12.4. The summed E-state index contributed by atoms with van der Waals surface area (Å²) in [6, 6.07) is 13.9. The van der Waals surface area contributed by atoms with Crippen LogP contribution in [0.2, 0.25) is 0 Å². The summed E-state index contributed by atoms with van der Waals surface area (Å²) in [6.45, 7) is 0.0864. The molecule has 0 saturated heterocycles. The number of aliphatic hydroxyl groups is 1. The molecule has 0 fully saturated rings. The largest absolute Gasteiger partial charge is 0.455 e. The molecule has 0 aliphatic rings. The SMILES string of the molecule is OCCC#Cc1cccc2c1oc1ccccc12. The van der Waals surface area contributed by atoms with Gasteiger partial charge in [0, 0.05) is 17.2 Å². The molecule has 0 atom stereocenters. The molecule has 0 unspecified atom stereocenters. The molecule has 18 heavy (non-hydrogen) atoms. The number of rotatable bonds is 1. The van der Waals surface area contributed by atoms with Crippen LogP contribution in [-0.4, -0.2) is 11.7 Å². The summed E-state index contributed by atoms with van der Waals surface area (Å²) in [5.74, 6) is 5.97. The van der Waals surface area contributed by atoms with Gasteiger partial charge in [-0.25, -0.2) is 0 Å². The lowest BCUT2D eigenvalue weighted by molar-refractivity contribution is 0.305. The van der Waals surface area contributed by atoms with Gasteiger partial charge in [-0.15, -0.1) is 0 Å². The van der Waals surface area contributed by atoms with Crippen molar-refractivity contribution in [1.82, 2.24) is 0 Å². The van der Waals surface area contributed by atoms with Crippen LogP contribution in [0, 0.1) is 11.8 Å². The van der Waals surface area contributed by atoms with E-state index in [9.17, 15) is 0 Å². The highest BCUT2D eigenvalue weighted by atomic mass is 16.3. The van der Waals surface area contributed by atoms with E-state index in [0.29, 0.717) is 6.42 Å². The fourth-order valence-electron chi connectivity index (χ4n) is 2.06. The number of hydrogen-bond donors (Lipinski definition) is 1. The first-order valence-corrected chi connectivity index (χ1v) is 5.90. The lowest BCUT2D eigenvalue weighted by Gasteiger charge is -1.92. The van der Waals surface area contributed by atoms with E-state index < -0.39 is 0 Å². The van der Waals surface area contributed by atoms with Gasteiger partial charge in [-0.05, 0) is 12.1 Å². The van der Waals surface area contributed by atoms with Crippen molar-refractivity contribution in [3.05, 3.63) is 48.0 Å². The van der Waals surface area contributed by atoms with Gasteiger partial charge in [0.15, 0.2) is 5.58 Å². The predicted molar refractivity (Wildman–Crippen MR) is 72.3 cm³/mol. The standard InChI is InChI=1S/C16H12O2/c17-11-4-3-6-12-7-5-9-14-13-8-1-2-10-15(13)18-16(12)14/h1-2,5,7-10,17H,4,11H2. The van der Waals surface area contributed by atoms with Crippen molar-refractivity contribution in [3.8, 4) is 11.8 Å². The van der Waals surface area contributed by atoms with Crippen molar-refractivity contribution in [2.75, 3.05) is 6.61 Å². The minimum atomic E-state index is 0.0864. The molecule has 3 aromatic rings. The second-order valence-corrected chi connectivity index (χ2v) is 4.06. The van der Waals surface area contributed by atoms with Gasteiger partial charge < -0.3 is 9.52 Å². The van der Waals surface area contributed by atoms with Gasteiger partial charge in [-0.1, -0.05) is 42.2 Å². The van der Waals surface area contributed by atoms with E-state index in [1.54, 1.807) is 0 Å². The van der Waals surface area contributed by atoms with Crippen LogP contribution in [0.5, 0.6) is 0 Å². The molecule has 0 aliphatic carbocycles. The third-order valence-corrected chi connectivity index (χ3v) is 2.86. The number of aliphatic hydroxyl groups excluding tert-OH is 1. The molecule has 2 nitrogen and oxygen atoms in total. The molecule has 0 bridgehead atoms. The highest BCUT2D eigenvalue weighted by Crippen LogP contribution is 2.30. The molecule has 2 heteroatoms. The van der Waals surface area contributed by atoms with E-state index in [4.69, 9.17) is 9.52 Å². The van der Waals surface area contributed by atoms with Gasteiger partial charge >= 0.3 is 0 Å².